The zero-order valence-electron chi connectivity index (χ0n) is 27.5. The van der Waals surface area contributed by atoms with Crippen molar-refractivity contribution in [3.63, 3.8) is 0 Å². The number of carbonyl (C=O) groups is 3. The predicted octanol–water partition coefficient (Wildman–Crippen LogP) is 3.65. The van der Waals surface area contributed by atoms with Gasteiger partial charge in [0.25, 0.3) is 0 Å². The Bertz CT molecular complexity index is 1580. The molecule has 4 atom stereocenters. The van der Waals surface area contributed by atoms with Crippen LogP contribution in [0, 0.1) is 0 Å². The molecule has 11 heteroatoms. The third kappa shape index (κ3) is 6.14. The Balaban J connectivity index is 1.21. The average Bonchev–Trinajstić information content (AvgIpc) is 3.63. The van der Waals surface area contributed by atoms with E-state index < -0.39 is 13.1 Å². The first kappa shape index (κ1) is 32.1. The highest BCUT2D eigenvalue weighted by atomic mass is 16.2. The molecule has 10 nitrogen and oxygen atoms in total. The van der Waals surface area contributed by atoms with E-state index in [0.717, 1.165) is 60.7 Å². The molecule has 4 N–H and O–H groups in total. The van der Waals surface area contributed by atoms with Crippen molar-refractivity contribution in [3.8, 4) is 0 Å². The molecule has 6 rings (SSSR count). The molecule has 2 aromatic carbocycles. The van der Waals surface area contributed by atoms with Crippen LogP contribution < -0.4 is 10.6 Å². The zero-order chi connectivity index (χ0) is 32.6. The minimum Gasteiger partial charge on any atom is -0.437 e. The summed E-state index contributed by atoms with van der Waals surface area (Å²) < 4.78 is 0. The molecule has 2 aliphatic heterocycles. The van der Waals surface area contributed by atoms with E-state index in [9.17, 15) is 19.4 Å². The molecule has 1 aliphatic carbocycles. The van der Waals surface area contributed by atoms with E-state index in [2.05, 4.69) is 33.8 Å². The third-order valence-corrected chi connectivity index (χ3v) is 10.8. The highest BCUT2D eigenvalue weighted by Crippen LogP contribution is 2.52. The summed E-state index contributed by atoms with van der Waals surface area (Å²) in [7, 11) is 3.05. The first-order valence-corrected chi connectivity index (χ1v) is 16.7. The average molecular weight is 627 g/mol. The van der Waals surface area contributed by atoms with Crippen molar-refractivity contribution >= 4 is 35.8 Å². The summed E-state index contributed by atoms with van der Waals surface area (Å²) in [6.45, 7) is 6.22. The summed E-state index contributed by atoms with van der Waals surface area (Å²) in [4.78, 5) is 50.0. The number of likely N-dealkylation sites (tertiary alicyclic amines) is 1. The van der Waals surface area contributed by atoms with Gasteiger partial charge in [0, 0.05) is 68.2 Å². The number of fused-ring (bicyclic) bond motifs is 3. The number of H-pyrrole nitrogens is 1. The molecule has 46 heavy (non-hydrogen) atoms. The Kier molecular flexibility index (Phi) is 9.16. The Morgan fingerprint density at radius 1 is 1.07 bits per heavy atom. The lowest BCUT2D eigenvalue weighted by atomic mass is 9.73. The predicted molar refractivity (Wildman–Crippen MR) is 181 cm³/mol. The number of rotatable bonds is 7. The van der Waals surface area contributed by atoms with Gasteiger partial charge in [-0.05, 0) is 68.2 Å². The van der Waals surface area contributed by atoms with Crippen LogP contribution in [0.4, 0.5) is 4.79 Å². The number of carbonyl (C=O) groups excluding carboxylic acids is 3. The van der Waals surface area contributed by atoms with E-state index in [-0.39, 0.29) is 41.1 Å². The van der Waals surface area contributed by atoms with E-state index >= 15 is 0 Å². The highest BCUT2D eigenvalue weighted by molar-refractivity contribution is 6.45. The lowest BCUT2D eigenvalue weighted by Gasteiger charge is -2.42. The molecule has 3 aromatic rings. The number of amides is 4. The van der Waals surface area contributed by atoms with E-state index in [1.54, 1.807) is 11.7 Å². The number of urea groups is 1. The maximum Gasteiger partial charge on any atom is 0.376 e. The maximum absolute atomic E-state index is 14.4. The molecular formula is C35H47BN6O4. The number of hydrogen-bond donors (Lipinski definition) is 4. The molecule has 2 saturated heterocycles. The summed E-state index contributed by atoms with van der Waals surface area (Å²) in [6.07, 6.45) is 5.94. The fourth-order valence-electron chi connectivity index (χ4n) is 8.13. The van der Waals surface area contributed by atoms with Crippen molar-refractivity contribution in [1.82, 2.24) is 30.2 Å². The molecule has 244 valence electrons. The molecule has 0 radical (unpaired) electrons. The van der Waals surface area contributed by atoms with Crippen LogP contribution in [-0.4, -0.2) is 102 Å². The topological polar surface area (TPSA) is 121 Å². The standard InChI is InChI=1S/C35H47BN6O4/c1-23(28-21-37-30-14-8-6-12-26(28)30)31(39-34(45)38-24-10-9-17-42(22-24)36(2)46)33(44)41-18-15-35(16-19-41)20-27(32(43)40(3)4)25-11-5-7-13-29(25)35/h5-8,11-14,21,23-24,27,31,37,46H,9-10,15-20,22H2,1-4H3,(H2,38,39,45)/t23-,24?,27+,31?/m0/s1. The zero-order valence-corrected chi connectivity index (χ0v) is 27.5. The molecule has 2 unspecified atom stereocenters. The number of nitrogens with one attached hydrogen (secondary N) is 3. The van der Waals surface area contributed by atoms with Gasteiger partial charge in [0.1, 0.15) is 6.04 Å². The Labute approximate surface area is 272 Å². The van der Waals surface area contributed by atoms with Gasteiger partial charge >= 0.3 is 13.1 Å². The Morgan fingerprint density at radius 2 is 1.78 bits per heavy atom. The largest absolute Gasteiger partial charge is 0.437 e. The second kappa shape index (κ2) is 13.1. The SMILES string of the molecule is CB(O)N1CCCC(NC(=O)NC(C(=O)N2CCC3(CC2)C[C@@H](C(=O)N(C)C)c2ccccc23)[C@@H](C)c2c[nH]c3ccccc23)C1. The first-order chi connectivity index (χ1) is 22.1. The van der Waals surface area contributed by atoms with Gasteiger partial charge in [-0.25, -0.2) is 4.79 Å². The van der Waals surface area contributed by atoms with Gasteiger partial charge in [0.2, 0.25) is 11.8 Å². The number of likely N-dealkylation sites (N-methyl/N-ethyl adjacent to an activating group) is 1. The van der Waals surface area contributed by atoms with Gasteiger partial charge in [-0.3, -0.25) is 9.59 Å². The van der Waals surface area contributed by atoms with Crippen LogP contribution in [0.25, 0.3) is 10.9 Å². The second-order valence-corrected chi connectivity index (χ2v) is 13.8. The molecule has 1 aromatic heterocycles. The van der Waals surface area contributed by atoms with E-state index in [1.165, 1.54) is 5.56 Å². The maximum atomic E-state index is 14.4. The quantitative estimate of drug-likeness (QED) is 0.299. The van der Waals surface area contributed by atoms with Crippen LogP contribution in [0.5, 0.6) is 0 Å². The van der Waals surface area contributed by atoms with Gasteiger partial charge in [-0.2, -0.15) is 0 Å². The lowest BCUT2D eigenvalue weighted by molar-refractivity contribution is -0.136. The Hall–Kier alpha value is -3.83. The van der Waals surface area contributed by atoms with Crippen LogP contribution in [0.3, 0.4) is 0 Å². The summed E-state index contributed by atoms with van der Waals surface area (Å²) in [5.74, 6) is -0.428. The highest BCUT2D eigenvalue weighted by Gasteiger charge is 2.49. The molecular weight excluding hydrogens is 579 g/mol. The number of aromatic nitrogens is 1. The number of aromatic amines is 1. The first-order valence-electron chi connectivity index (χ1n) is 16.7. The smallest absolute Gasteiger partial charge is 0.376 e. The van der Waals surface area contributed by atoms with Crippen molar-refractivity contribution < 1.29 is 19.4 Å². The normalized spacial score (nSPS) is 22.2. The lowest BCUT2D eigenvalue weighted by Crippen LogP contribution is -2.58. The van der Waals surface area contributed by atoms with Crippen molar-refractivity contribution in [2.75, 3.05) is 40.3 Å². The molecule has 0 bridgehead atoms. The summed E-state index contributed by atoms with van der Waals surface area (Å²) in [6, 6.07) is 15.1. The Morgan fingerprint density at radius 3 is 2.52 bits per heavy atom. The summed E-state index contributed by atoms with van der Waals surface area (Å²) in [5, 5.41) is 17.3. The number of nitrogens with zero attached hydrogens (tertiary/aromatic N) is 3. The summed E-state index contributed by atoms with van der Waals surface area (Å²) in [5.41, 5.74) is 4.17. The minimum atomic E-state index is -0.774. The van der Waals surface area contributed by atoms with Gasteiger partial charge in [-0.1, -0.05) is 49.4 Å². The number of piperidine rings is 2. The third-order valence-electron chi connectivity index (χ3n) is 10.8. The molecule has 1 spiro atoms. The second-order valence-electron chi connectivity index (χ2n) is 13.8. The number of hydrogen-bond acceptors (Lipinski definition) is 5. The van der Waals surface area contributed by atoms with Crippen LogP contribution in [0.1, 0.15) is 67.6 Å². The number of para-hydroxylation sites is 1. The minimum absolute atomic E-state index is 0.0933. The van der Waals surface area contributed by atoms with Crippen LogP contribution >= 0.6 is 0 Å². The molecule has 3 heterocycles. The van der Waals surface area contributed by atoms with Crippen molar-refractivity contribution in [2.45, 2.75) is 75.2 Å². The van der Waals surface area contributed by atoms with Gasteiger partial charge < -0.3 is 35.3 Å². The van der Waals surface area contributed by atoms with Crippen molar-refractivity contribution in [3.05, 3.63) is 71.4 Å². The van der Waals surface area contributed by atoms with Crippen molar-refractivity contribution in [2.24, 2.45) is 0 Å². The van der Waals surface area contributed by atoms with Crippen LogP contribution in [0.15, 0.2) is 54.7 Å². The molecule has 3 aliphatic rings. The molecule has 4 amide bonds. The molecule has 2 fully saturated rings. The number of benzene rings is 2. The van der Waals surface area contributed by atoms with Crippen LogP contribution in [0.2, 0.25) is 6.82 Å². The van der Waals surface area contributed by atoms with Gasteiger partial charge in [0.05, 0.1) is 5.92 Å². The van der Waals surface area contributed by atoms with E-state index in [0.29, 0.717) is 19.6 Å². The van der Waals surface area contributed by atoms with Gasteiger partial charge in [-0.15, -0.1) is 0 Å². The molecule has 0 saturated carbocycles. The summed E-state index contributed by atoms with van der Waals surface area (Å²) >= 11 is 0. The fourth-order valence-corrected chi connectivity index (χ4v) is 8.13. The van der Waals surface area contributed by atoms with E-state index in [1.807, 2.05) is 67.3 Å². The van der Waals surface area contributed by atoms with Crippen molar-refractivity contribution in [1.29, 1.82) is 0 Å². The monoisotopic (exact) mass is 626 g/mol. The van der Waals surface area contributed by atoms with Gasteiger partial charge in [0.15, 0.2) is 0 Å². The van der Waals surface area contributed by atoms with Crippen LogP contribution in [-0.2, 0) is 15.0 Å². The van der Waals surface area contributed by atoms with E-state index in [4.69, 9.17) is 0 Å². The fraction of sp³-hybridized carbons (Fsp3) is 0.514.